The van der Waals surface area contributed by atoms with Crippen LogP contribution in [0, 0.1) is 0 Å². The van der Waals surface area contributed by atoms with E-state index in [1.54, 1.807) is 22.3 Å². The van der Waals surface area contributed by atoms with Crippen molar-refractivity contribution in [2.75, 3.05) is 0 Å². The van der Waals surface area contributed by atoms with Crippen molar-refractivity contribution in [2.24, 2.45) is 0 Å². The van der Waals surface area contributed by atoms with Gasteiger partial charge in [-0.3, -0.25) is 0 Å². The molecule has 0 radical (unpaired) electrons. The quantitative estimate of drug-likeness (QED) is 0.260. The first-order chi connectivity index (χ1) is 14.2. The molecular formula is C28H46Cl2Zr. The van der Waals surface area contributed by atoms with Gasteiger partial charge in [0.25, 0.3) is 0 Å². The zero-order valence-corrected chi connectivity index (χ0v) is 24.7. The van der Waals surface area contributed by atoms with Crippen molar-refractivity contribution in [1.29, 1.82) is 0 Å². The fourth-order valence-corrected chi connectivity index (χ4v) is 8.72. The number of allylic oxidation sites excluding steroid dienone is 8. The Morgan fingerprint density at radius 1 is 0.581 bits per heavy atom. The van der Waals surface area contributed by atoms with Gasteiger partial charge in [0.05, 0.1) is 0 Å². The SMILES string of the molecule is CCCCCCCCC1=CCC(C)=[C]1[Zr+2][C]1=C(C)CC=C1CCCCCCCC.[Cl-].[Cl-]. The van der Waals surface area contributed by atoms with Crippen molar-refractivity contribution < 1.29 is 48.0 Å². The molecule has 0 aromatic carbocycles. The van der Waals surface area contributed by atoms with E-state index in [2.05, 4.69) is 39.8 Å². The van der Waals surface area contributed by atoms with Crippen LogP contribution in [0.3, 0.4) is 0 Å². The molecule has 0 heterocycles. The summed E-state index contributed by atoms with van der Waals surface area (Å²) in [6.45, 7) is 9.46. The molecule has 0 aromatic rings. The summed E-state index contributed by atoms with van der Waals surface area (Å²) < 4.78 is 3.74. The van der Waals surface area contributed by atoms with E-state index in [9.17, 15) is 0 Å². The standard InChI is InChI=1S/2C14H23.2ClH.Zr/c2*1-3-4-5-6-7-8-9-14-11-10-13(2)12-14;;;/h2*11H,3-10H2,1-2H3;2*1H;/q;;;;+2/p-2. The second-order valence-corrected chi connectivity index (χ2v) is 12.4. The van der Waals surface area contributed by atoms with Gasteiger partial charge in [-0.2, -0.15) is 0 Å². The van der Waals surface area contributed by atoms with Gasteiger partial charge in [-0.1, -0.05) is 0 Å². The Bertz CT molecular complexity index is 571. The maximum atomic E-state index is 2.58. The fourth-order valence-electron chi connectivity index (χ4n) is 4.65. The molecule has 0 atom stereocenters. The van der Waals surface area contributed by atoms with Gasteiger partial charge >= 0.3 is 195 Å². The number of halogens is 2. The third-order valence-electron chi connectivity index (χ3n) is 6.65. The predicted octanol–water partition coefficient (Wildman–Crippen LogP) is 3.79. The Kier molecular flexibility index (Phi) is 19.1. The number of hydrogen-bond acceptors (Lipinski definition) is 0. The van der Waals surface area contributed by atoms with Crippen LogP contribution in [0.2, 0.25) is 0 Å². The second-order valence-electron chi connectivity index (χ2n) is 9.34. The van der Waals surface area contributed by atoms with E-state index in [-0.39, 0.29) is 24.8 Å². The Morgan fingerprint density at radius 2 is 0.935 bits per heavy atom. The van der Waals surface area contributed by atoms with Crippen molar-refractivity contribution in [2.45, 2.75) is 130 Å². The third kappa shape index (κ3) is 11.4. The molecule has 0 unspecified atom stereocenters. The molecule has 0 aromatic heterocycles. The second kappa shape index (κ2) is 18.8. The van der Waals surface area contributed by atoms with Gasteiger partial charge in [-0.15, -0.1) is 0 Å². The molecule has 0 fully saturated rings. The van der Waals surface area contributed by atoms with Crippen molar-refractivity contribution in [3.8, 4) is 0 Å². The summed E-state index contributed by atoms with van der Waals surface area (Å²) in [4.78, 5) is 0. The largest absolute Gasteiger partial charge is 1.00 e. The third-order valence-corrected chi connectivity index (χ3v) is 11.6. The molecule has 0 N–H and O–H groups in total. The number of rotatable bonds is 16. The van der Waals surface area contributed by atoms with Crippen molar-refractivity contribution in [3.63, 3.8) is 0 Å². The van der Waals surface area contributed by atoms with Crippen LogP contribution in [0.15, 0.2) is 41.0 Å². The van der Waals surface area contributed by atoms with Crippen molar-refractivity contribution in [3.05, 3.63) is 41.0 Å². The van der Waals surface area contributed by atoms with Crippen LogP contribution < -0.4 is 24.8 Å². The molecule has 3 heteroatoms. The maximum absolute atomic E-state index is 2.58. The molecule has 176 valence electrons. The minimum absolute atomic E-state index is 0. The summed E-state index contributed by atoms with van der Waals surface area (Å²) in [5.74, 6) is 0. The molecule has 31 heavy (non-hydrogen) atoms. The molecule has 0 amide bonds. The topological polar surface area (TPSA) is 0 Å². The van der Waals surface area contributed by atoms with Gasteiger partial charge in [-0.25, -0.2) is 0 Å². The molecule has 0 saturated carbocycles. The zero-order valence-electron chi connectivity index (χ0n) is 20.7. The fraction of sp³-hybridized carbons (Fsp3) is 0.714. The van der Waals surface area contributed by atoms with E-state index in [0.717, 1.165) is 0 Å². The average Bonchev–Trinajstić information content (AvgIpc) is 3.24. The van der Waals surface area contributed by atoms with Crippen LogP contribution in [-0.4, -0.2) is 0 Å². The van der Waals surface area contributed by atoms with E-state index in [1.165, 1.54) is 103 Å². The minimum atomic E-state index is -0.636. The minimum Gasteiger partial charge on any atom is -1.00 e. The van der Waals surface area contributed by atoms with Crippen LogP contribution in [0.1, 0.15) is 130 Å². The van der Waals surface area contributed by atoms with Crippen LogP contribution in [0.25, 0.3) is 0 Å². The molecule has 2 rings (SSSR count). The van der Waals surface area contributed by atoms with Gasteiger partial charge in [0, 0.05) is 0 Å². The Balaban J connectivity index is 0.00000450. The summed E-state index contributed by atoms with van der Waals surface area (Å²) in [5.41, 5.74) is 6.94. The Labute approximate surface area is 218 Å². The zero-order chi connectivity index (χ0) is 20.9. The Morgan fingerprint density at radius 3 is 1.32 bits per heavy atom. The van der Waals surface area contributed by atoms with E-state index in [0.29, 0.717) is 0 Å². The van der Waals surface area contributed by atoms with Gasteiger partial charge in [0.15, 0.2) is 0 Å². The van der Waals surface area contributed by atoms with E-state index >= 15 is 0 Å². The molecule has 0 saturated heterocycles. The smallest absolute Gasteiger partial charge is 1.00 e. The van der Waals surface area contributed by atoms with Gasteiger partial charge in [0.2, 0.25) is 0 Å². The molecule has 0 nitrogen and oxygen atoms in total. The molecule has 0 spiro atoms. The van der Waals surface area contributed by atoms with E-state index < -0.39 is 23.2 Å². The van der Waals surface area contributed by atoms with Crippen molar-refractivity contribution in [1.82, 2.24) is 0 Å². The van der Waals surface area contributed by atoms with Crippen LogP contribution >= 0.6 is 0 Å². The summed E-state index contributed by atoms with van der Waals surface area (Å²) in [6, 6.07) is 0. The molecule has 2 aliphatic rings. The summed E-state index contributed by atoms with van der Waals surface area (Å²) in [7, 11) is 0. The first-order valence-electron chi connectivity index (χ1n) is 12.7. The van der Waals surface area contributed by atoms with Crippen LogP contribution in [0.4, 0.5) is 0 Å². The summed E-state index contributed by atoms with van der Waals surface area (Å²) >= 11 is -0.636. The average molecular weight is 545 g/mol. The van der Waals surface area contributed by atoms with E-state index in [4.69, 9.17) is 0 Å². The first-order valence-corrected chi connectivity index (χ1v) is 15.2. The van der Waals surface area contributed by atoms with Crippen molar-refractivity contribution >= 4 is 0 Å². The van der Waals surface area contributed by atoms with Gasteiger partial charge in [0.1, 0.15) is 0 Å². The van der Waals surface area contributed by atoms with Gasteiger partial charge < -0.3 is 24.8 Å². The monoisotopic (exact) mass is 542 g/mol. The predicted molar refractivity (Wildman–Crippen MR) is 127 cm³/mol. The molecular weight excluding hydrogens is 498 g/mol. The maximum Gasteiger partial charge on any atom is -1.00 e. The van der Waals surface area contributed by atoms with Gasteiger partial charge in [-0.05, 0) is 0 Å². The first kappa shape index (κ1) is 31.4. The summed E-state index contributed by atoms with van der Waals surface area (Å²) in [5, 5.41) is 0. The van der Waals surface area contributed by atoms with E-state index in [1.807, 2.05) is 6.56 Å². The number of unbranched alkanes of at least 4 members (excludes halogenated alkanes) is 10. The molecule has 0 bridgehead atoms. The van der Waals surface area contributed by atoms with Crippen LogP contribution in [-0.2, 0) is 23.2 Å². The summed E-state index contributed by atoms with van der Waals surface area (Å²) in [6.07, 6.45) is 27.3. The molecule has 0 aliphatic heterocycles. The molecule has 2 aliphatic carbocycles. The Hall–Kier alpha value is 0.423. The normalized spacial score (nSPS) is 15.5. The van der Waals surface area contributed by atoms with Crippen LogP contribution in [0.5, 0.6) is 0 Å². The number of hydrogen-bond donors (Lipinski definition) is 0.